The summed E-state index contributed by atoms with van der Waals surface area (Å²) in [5.41, 5.74) is 1.05. The zero-order valence-electron chi connectivity index (χ0n) is 14.0. The average molecular weight is 337 g/mol. The highest BCUT2D eigenvalue weighted by atomic mass is 16.5. The lowest BCUT2D eigenvalue weighted by molar-refractivity contribution is 0.0587. The first kappa shape index (κ1) is 16.8. The summed E-state index contributed by atoms with van der Waals surface area (Å²) >= 11 is 0. The number of pyridine rings is 1. The van der Waals surface area contributed by atoms with Gasteiger partial charge in [0, 0.05) is 37.7 Å². The van der Waals surface area contributed by atoms with Crippen LogP contribution < -0.4 is 9.47 Å². The van der Waals surface area contributed by atoms with Gasteiger partial charge in [0.15, 0.2) is 0 Å². The van der Waals surface area contributed by atoms with Gasteiger partial charge in [-0.15, -0.1) is 0 Å². The highest BCUT2D eigenvalue weighted by Gasteiger charge is 2.25. The third-order valence-corrected chi connectivity index (χ3v) is 4.22. The highest BCUT2D eigenvalue weighted by Crippen LogP contribution is 2.22. The van der Waals surface area contributed by atoms with Crippen LogP contribution in [-0.4, -0.2) is 42.1 Å². The number of rotatable bonds is 4. The van der Waals surface area contributed by atoms with Gasteiger partial charge in [-0.25, -0.2) is 4.98 Å². The van der Waals surface area contributed by atoms with E-state index in [1.54, 1.807) is 37.6 Å². The second-order valence-corrected chi connectivity index (χ2v) is 5.81. The number of benzene rings is 1. The summed E-state index contributed by atoms with van der Waals surface area (Å²) in [5, 5.41) is 9.10. The molecule has 1 aliphatic rings. The van der Waals surface area contributed by atoms with Crippen LogP contribution in [0.5, 0.6) is 11.6 Å². The summed E-state index contributed by atoms with van der Waals surface area (Å²) in [6.07, 6.45) is 2.97. The van der Waals surface area contributed by atoms with Crippen molar-refractivity contribution in [1.82, 2.24) is 9.88 Å². The maximum absolute atomic E-state index is 12.6. The number of ether oxygens (including phenoxy) is 2. The number of amides is 1. The molecule has 25 heavy (non-hydrogen) atoms. The molecule has 1 saturated heterocycles. The van der Waals surface area contributed by atoms with E-state index in [2.05, 4.69) is 11.1 Å². The first-order valence-electron chi connectivity index (χ1n) is 8.16. The fourth-order valence-electron chi connectivity index (χ4n) is 2.84. The van der Waals surface area contributed by atoms with Gasteiger partial charge in [0.25, 0.3) is 5.91 Å². The van der Waals surface area contributed by atoms with Crippen molar-refractivity contribution in [2.75, 3.05) is 20.2 Å². The Balaban J connectivity index is 1.60. The minimum Gasteiger partial charge on any atom is -0.497 e. The molecule has 2 aromatic rings. The Bertz CT molecular complexity index is 792. The number of carbonyl (C=O) groups is 1. The number of hydrogen-bond acceptors (Lipinski definition) is 5. The molecule has 0 saturated carbocycles. The maximum atomic E-state index is 12.6. The summed E-state index contributed by atoms with van der Waals surface area (Å²) in [5.74, 6) is 1.03. The number of methoxy groups -OCH3 is 1. The summed E-state index contributed by atoms with van der Waals surface area (Å²) in [7, 11) is 1.58. The summed E-state index contributed by atoms with van der Waals surface area (Å²) in [4.78, 5) is 18.6. The number of nitrogens with zero attached hydrogens (tertiary/aromatic N) is 3. The van der Waals surface area contributed by atoms with Crippen molar-refractivity contribution < 1.29 is 14.3 Å². The molecular formula is C19H19N3O3. The molecule has 128 valence electrons. The average Bonchev–Trinajstić information content (AvgIpc) is 2.68. The minimum absolute atomic E-state index is 0.00657. The monoisotopic (exact) mass is 337 g/mol. The molecule has 2 heterocycles. The van der Waals surface area contributed by atoms with Gasteiger partial charge in [-0.1, -0.05) is 6.07 Å². The number of carbonyl (C=O) groups excluding carboxylic acids is 1. The van der Waals surface area contributed by atoms with E-state index in [1.807, 2.05) is 17.0 Å². The first-order valence-corrected chi connectivity index (χ1v) is 8.16. The van der Waals surface area contributed by atoms with Crippen molar-refractivity contribution in [1.29, 1.82) is 5.26 Å². The Morgan fingerprint density at radius 2 is 2.08 bits per heavy atom. The standard InChI is InChI=1S/C19H19N3O3/c1-24-17-6-2-4-14(12-17)19(23)22-10-7-16(8-11-22)25-18-15(13-20)5-3-9-21-18/h2-6,9,12,16H,7-8,10-11H2,1H3. The van der Waals surface area contributed by atoms with E-state index in [0.29, 0.717) is 48.7 Å². The smallest absolute Gasteiger partial charge is 0.253 e. The van der Waals surface area contributed by atoms with Gasteiger partial charge in [-0.2, -0.15) is 5.26 Å². The van der Waals surface area contributed by atoms with Crippen molar-refractivity contribution in [3.05, 3.63) is 53.7 Å². The van der Waals surface area contributed by atoms with Crippen LogP contribution in [0.3, 0.4) is 0 Å². The van der Waals surface area contributed by atoms with Gasteiger partial charge in [0.2, 0.25) is 5.88 Å². The molecule has 0 radical (unpaired) electrons. The second-order valence-electron chi connectivity index (χ2n) is 5.81. The summed E-state index contributed by atoms with van der Waals surface area (Å²) in [6, 6.07) is 12.6. The van der Waals surface area contributed by atoms with Gasteiger partial charge < -0.3 is 14.4 Å². The largest absolute Gasteiger partial charge is 0.497 e. The van der Waals surface area contributed by atoms with Crippen LogP contribution in [-0.2, 0) is 0 Å². The Morgan fingerprint density at radius 1 is 1.28 bits per heavy atom. The summed E-state index contributed by atoms with van der Waals surface area (Å²) in [6.45, 7) is 1.21. The van der Waals surface area contributed by atoms with E-state index < -0.39 is 0 Å². The highest BCUT2D eigenvalue weighted by molar-refractivity contribution is 5.94. The van der Waals surface area contributed by atoms with E-state index in [4.69, 9.17) is 14.7 Å². The molecular weight excluding hydrogens is 318 g/mol. The van der Waals surface area contributed by atoms with Gasteiger partial charge in [-0.05, 0) is 30.3 Å². The van der Waals surface area contributed by atoms with E-state index in [0.717, 1.165) is 0 Å². The van der Waals surface area contributed by atoms with Crippen LogP contribution in [0.4, 0.5) is 0 Å². The number of hydrogen-bond donors (Lipinski definition) is 0. The van der Waals surface area contributed by atoms with Crippen molar-refractivity contribution in [3.63, 3.8) is 0 Å². The van der Waals surface area contributed by atoms with Gasteiger partial charge >= 0.3 is 0 Å². The summed E-state index contributed by atoms with van der Waals surface area (Å²) < 4.78 is 11.0. The molecule has 1 aromatic heterocycles. The molecule has 1 aromatic carbocycles. The molecule has 6 heteroatoms. The van der Waals surface area contributed by atoms with Crippen LogP contribution in [0.25, 0.3) is 0 Å². The fourth-order valence-corrected chi connectivity index (χ4v) is 2.84. The topological polar surface area (TPSA) is 75.4 Å². The zero-order valence-corrected chi connectivity index (χ0v) is 14.0. The van der Waals surface area contributed by atoms with E-state index >= 15 is 0 Å². The molecule has 0 atom stereocenters. The quantitative estimate of drug-likeness (QED) is 0.857. The van der Waals surface area contributed by atoms with Crippen LogP contribution in [0.2, 0.25) is 0 Å². The lowest BCUT2D eigenvalue weighted by Gasteiger charge is -2.32. The van der Waals surface area contributed by atoms with E-state index in [1.165, 1.54) is 0 Å². The minimum atomic E-state index is -0.0450. The number of aromatic nitrogens is 1. The van der Waals surface area contributed by atoms with Crippen LogP contribution in [0, 0.1) is 11.3 Å². The molecule has 0 N–H and O–H groups in total. The SMILES string of the molecule is COc1cccc(C(=O)N2CCC(Oc3ncccc3C#N)CC2)c1. The number of piperidine rings is 1. The van der Waals surface area contributed by atoms with Crippen LogP contribution in [0.15, 0.2) is 42.6 Å². The molecule has 6 nitrogen and oxygen atoms in total. The van der Waals surface area contributed by atoms with Crippen molar-refractivity contribution in [3.8, 4) is 17.7 Å². The third kappa shape index (κ3) is 3.89. The molecule has 0 spiro atoms. The van der Waals surface area contributed by atoms with Crippen LogP contribution >= 0.6 is 0 Å². The first-order chi connectivity index (χ1) is 12.2. The Labute approximate surface area is 146 Å². The Hall–Kier alpha value is -3.07. The van der Waals surface area contributed by atoms with Crippen molar-refractivity contribution >= 4 is 5.91 Å². The normalized spacial score (nSPS) is 14.6. The van der Waals surface area contributed by atoms with E-state index in [-0.39, 0.29) is 12.0 Å². The van der Waals surface area contributed by atoms with Gasteiger partial charge in [0.05, 0.1) is 7.11 Å². The molecule has 1 amide bonds. The Morgan fingerprint density at radius 3 is 2.80 bits per heavy atom. The molecule has 1 fully saturated rings. The lowest BCUT2D eigenvalue weighted by Crippen LogP contribution is -2.41. The van der Waals surface area contributed by atoms with Gasteiger partial charge in [0.1, 0.15) is 23.5 Å². The molecule has 0 unspecified atom stereocenters. The maximum Gasteiger partial charge on any atom is 0.253 e. The fraction of sp³-hybridized carbons (Fsp3) is 0.316. The van der Waals surface area contributed by atoms with Crippen molar-refractivity contribution in [2.45, 2.75) is 18.9 Å². The van der Waals surface area contributed by atoms with Gasteiger partial charge in [-0.3, -0.25) is 4.79 Å². The second kappa shape index (κ2) is 7.67. The molecule has 3 rings (SSSR count). The van der Waals surface area contributed by atoms with E-state index in [9.17, 15) is 4.79 Å². The lowest BCUT2D eigenvalue weighted by atomic mass is 10.1. The number of nitriles is 1. The predicted molar refractivity (Wildman–Crippen MR) is 91.5 cm³/mol. The van der Waals surface area contributed by atoms with Crippen molar-refractivity contribution in [2.24, 2.45) is 0 Å². The molecule has 0 bridgehead atoms. The zero-order chi connectivity index (χ0) is 17.6. The third-order valence-electron chi connectivity index (χ3n) is 4.22. The van der Waals surface area contributed by atoms with Crippen LogP contribution in [0.1, 0.15) is 28.8 Å². The predicted octanol–water partition coefficient (Wildman–Crippen LogP) is 2.65. The molecule has 0 aliphatic carbocycles. The number of likely N-dealkylation sites (tertiary alicyclic amines) is 1. The Kier molecular flexibility index (Phi) is 5.14. The molecule has 1 aliphatic heterocycles.